The van der Waals surface area contributed by atoms with Crippen molar-refractivity contribution < 1.29 is 9.21 Å². The Morgan fingerprint density at radius 2 is 2.21 bits per heavy atom. The fourth-order valence-electron chi connectivity index (χ4n) is 2.42. The normalized spacial score (nSPS) is 10.5. The molecule has 0 fully saturated rings. The third kappa shape index (κ3) is 3.55. The van der Waals surface area contributed by atoms with Crippen LogP contribution in [0.5, 0.6) is 0 Å². The zero-order valence-electron chi connectivity index (χ0n) is 12.8. The van der Waals surface area contributed by atoms with Gasteiger partial charge in [-0.1, -0.05) is 17.7 Å². The molecule has 120 valence electrons. The summed E-state index contributed by atoms with van der Waals surface area (Å²) in [6.45, 7) is 0.689. The van der Waals surface area contributed by atoms with Gasteiger partial charge < -0.3 is 9.32 Å². The quantitative estimate of drug-likeness (QED) is 0.703. The maximum atomic E-state index is 12.8. The summed E-state index contributed by atoms with van der Waals surface area (Å²) < 4.78 is 5.64. The van der Waals surface area contributed by atoms with Crippen molar-refractivity contribution >= 4 is 28.5 Å². The van der Waals surface area contributed by atoms with E-state index in [0.29, 0.717) is 23.7 Å². The molecule has 0 radical (unpaired) electrons. The van der Waals surface area contributed by atoms with Gasteiger partial charge in [0.25, 0.3) is 5.91 Å². The highest BCUT2D eigenvalue weighted by atomic mass is 35.5. The number of rotatable bonds is 5. The van der Waals surface area contributed by atoms with E-state index in [0.717, 1.165) is 10.9 Å². The van der Waals surface area contributed by atoms with Crippen LogP contribution in [0.3, 0.4) is 0 Å². The van der Waals surface area contributed by atoms with Crippen LogP contribution in [0.4, 0.5) is 0 Å². The van der Waals surface area contributed by atoms with Gasteiger partial charge in [0.2, 0.25) is 0 Å². The van der Waals surface area contributed by atoms with Crippen LogP contribution in [0.25, 0.3) is 11.0 Å². The van der Waals surface area contributed by atoms with Crippen molar-refractivity contribution in [2.75, 3.05) is 6.54 Å². The maximum Gasteiger partial charge on any atom is 0.289 e. The minimum atomic E-state index is -0.263. The second kappa shape index (κ2) is 7.16. The number of fused-ring (bicyclic) bond motifs is 1. The Labute approximate surface area is 144 Å². The first-order valence-electron chi connectivity index (χ1n) is 7.41. The summed E-state index contributed by atoms with van der Waals surface area (Å²) in [5.74, 6) is -0.0319. The smallest absolute Gasteiger partial charge is 0.289 e. The third-order valence-corrected chi connectivity index (χ3v) is 3.80. The van der Waals surface area contributed by atoms with Gasteiger partial charge in [-0.2, -0.15) is 5.26 Å². The number of furan rings is 1. The van der Waals surface area contributed by atoms with E-state index in [1.807, 2.05) is 12.1 Å². The van der Waals surface area contributed by atoms with Crippen molar-refractivity contribution in [3.05, 3.63) is 65.1 Å². The first-order chi connectivity index (χ1) is 11.7. The molecule has 0 saturated carbocycles. The third-order valence-electron chi connectivity index (χ3n) is 3.57. The lowest BCUT2D eigenvalue weighted by molar-refractivity contribution is 0.0717. The molecule has 0 bridgehead atoms. The van der Waals surface area contributed by atoms with E-state index >= 15 is 0 Å². The van der Waals surface area contributed by atoms with Gasteiger partial charge in [-0.05, 0) is 35.9 Å². The molecule has 2 aromatic heterocycles. The number of hydrogen-bond donors (Lipinski definition) is 0. The summed E-state index contributed by atoms with van der Waals surface area (Å²) in [7, 11) is 0. The number of amides is 1. The lowest BCUT2D eigenvalue weighted by Crippen LogP contribution is -2.31. The Kier molecular flexibility index (Phi) is 4.78. The fraction of sp³-hybridized carbons (Fsp3) is 0.167. The molecule has 24 heavy (non-hydrogen) atoms. The number of aromatic nitrogens is 1. The van der Waals surface area contributed by atoms with Crippen molar-refractivity contribution in [2.45, 2.75) is 13.0 Å². The number of benzene rings is 1. The summed E-state index contributed by atoms with van der Waals surface area (Å²) in [5.41, 5.74) is 1.49. The molecular weight excluding hydrogens is 326 g/mol. The van der Waals surface area contributed by atoms with E-state index in [2.05, 4.69) is 11.1 Å². The van der Waals surface area contributed by atoms with Crippen LogP contribution in [0.15, 0.2) is 53.2 Å². The molecule has 6 heteroatoms. The van der Waals surface area contributed by atoms with Crippen LogP contribution in [-0.2, 0) is 6.54 Å². The van der Waals surface area contributed by atoms with Gasteiger partial charge in [-0.15, -0.1) is 0 Å². The number of carbonyl (C=O) groups is 1. The first-order valence-corrected chi connectivity index (χ1v) is 7.79. The molecule has 0 N–H and O–H groups in total. The van der Waals surface area contributed by atoms with Crippen LogP contribution in [-0.4, -0.2) is 22.3 Å². The maximum absolute atomic E-state index is 12.8. The van der Waals surface area contributed by atoms with Crippen LogP contribution in [0.1, 0.15) is 22.5 Å². The van der Waals surface area contributed by atoms with E-state index in [1.54, 1.807) is 41.6 Å². The van der Waals surface area contributed by atoms with Crippen molar-refractivity contribution in [1.82, 2.24) is 9.88 Å². The minimum Gasteiger partial charge on any atom is -0.451 e. The largest absolute Gasteiger partial charge is 0.451 e. The monoisotopic (exact) mass is 339 g/mol. The first kappa shape index (κ1) is 16.0. The van der Waals surface area contributed by atoms with E-state index in [-0.39, 0.29) is 18.1 Å². The Morgan fingerprint density at radius 3 is 2.96 bits per heavy atom. The van der Waals surface area contributed by atoms with Gasteiger partial charge in [0.1, 0.15) is 5.58 Å². The Bertz CT molecular complexity index is 900. The zero-order chi connectivity index (χ0) is 16.9. The molecule has 5 nitrogen and oxygen atoms in total. The molecular formula is C18H14ClN3O2. The summed E-state index contributed by atoms with van der Waals surface area (Å²) in [4.78, 5) is 18.4. The topological polar surface area (TPSA) is 70.1 Å². The summed E-state index contributed by atoms with van der Waals surface area (Å²) in [5, 5.41) is 10.2. The van der Waals surface area contributed by atoms with Gasteiger partial charge in [0.15, 0.2) is 5.76 Å². The lowest BCUT2D eigenvalue weighted by atomic mass is 10.2. The summed E-state index contributed by atoms with van der Waals surface area (Å²) in [6, 6.07) is 12.6. The van der Waals surface area contributed by atoms with Crippen LogP contribution >= 0.6 is 11.6 Å². The number of halogens is 1. The lowest BCUT2D eigenvalue weighted by Gasteiger charge is -2.20. The highest BCUT2D eigenvalue weighted by molar-refractivity contribution is 6.31. The Morgan fingerprint density at radius 1 is 1.33 bits per heavy atom. The minimum absolute atomic E-state index is 0.231. The second-order valence-corrected chi connectivity index (χ2v) is 5.73. The molecule has 0 aliphatic heterocycles. The van der Waals surface area contributed by atoms with Gasteiger partial charge in [0, 0.05) is 35.9 Å². The molecule has 1 amide bonds. The Hall–Kier alpha value is -2.84. The molecule has 0 aliphatic rings. The van der Waals surface area contributed by atoms with Crippen molar-refractivity contribution in [3.8, 4) is 6.07 Å². The zero-order valence-corrected chi connectivity index (χ0v) is 13.5. The predicted octanol–water partition coefficient (Wildman–Crippen LogP) is 4.04. The summed E-state index contributed by atoms with van der Waals surface area (Å²) in [6.07, 6.45) is 3.62. The van der Waals surface area contributed by atoms with Crippen LogP contribution in [0.2, 0.25) is 5.02 Å². The van der Waals surface area contributed by atoms with E-state index < -0.39 is 0 Å². The van der Waals surface area contributed by atoms with Gasteiger partial charge >= 0.3 is 0 Å². The van der Waals surface area contributed by atoms with Crippen molar-refractivity contribution in [3.63, 3.8) is 0 Å². The molecule has 0 spiro atoms. The molecule has 0 unspecified atom stereocenters. The van der Waals surface area contributed by atoms with Crippen molar-refractivity contribution in [2.24, 2.45) is 0 Å². The van der Waals surface area contributed by atoms with Gasteiger partial charge in [-0.3, -0.25) is 9.78 Å². The summed E-state index contributed by atoms with van der Waals surface area (Å²) >= 11 is 5.97. The molecule has 0 aliphatic carbocycles. The highest BCUT2D eigenvalue weighted by Gasteiger charge is 2.20. The molecule has 2 heterocycles. The van der Waals surface area contributed by atoms with Gasteiger partial charge in [-0.25, -0.2) is 0 Å². The molecule has 1 aromatic carbocycles. The van der Waals surface area contributed by atoms with E-state index in [1.165, 1.54) is 0 Å². The second-order valence-electron chi connectivity index (χ2n) is 5.29. The van der Waals surface area contributed by atoms with Crippen LogP contribution < -0.4 is 0 Å². The van der Waals surface area contributed by atoms with Gasteiger partial charge in [0.05, 0.1) is 12.5 Å². The van der Waals surface area contributed by atoms with Crippen LogP contribution in [0, 0.1) is 11.3 Å². The highest BCUT2D eigenvalue weighted by Crippen LogP contribution is 2.24. The molecule has 0 atom stereocenters. The Balaban J connectivity index is 1.87. The number of hydrogen-bond acceptors (Lipinski definition) is 4. The number of carbonyl (C=O) groups excluding carboxylic acids is 1. The predicted molar refractivity (Wildman–Crippen MR) is 90.4 cm³/mol. The average Bonchev–Trinajstić information content (AvgIpc) is 3.02. The molecule has 0 saturated heterocycles. The van der Waals surface area contributed by atoms with E-state index in [9.17, 15) is 4.79 Å². The average molecular weight is 340 g/mol. The molecule has 3 aromatic rings. The fourth-order valence-corrected chi connectivity index (χ4v) is 2.61. The molecule has 3 rings (SSSR count). The van der Waals surface area contributed by atoms with E-state index in [4.69, 9.17) is 21.3 Å². The van der Waals surface area contributed by atoms with Crippen molar-refractivity contribution in [1.29, 1.82) is 5.26 Å². The number of pyridine rings is 1. The SMILES string of the molecule is N#CCCN(Cc1cccnc1)C(=O)c1cc2cc(Cl)ccc2o1. The number of nitrogens with zero attached hydrogens (tertiary/aromatic N) is 3. The number of nitriles is 1. The standard InChI is InChI=1S/C18H14ClN3O2/c19-15-4-5-16-14(9-15)10-17(24-16)18(23)22(8-2-6-20)12-13-3-1-7-21-11-13/h1,3-5,7,9-11H,2,8,12H2.